The molecule has 0 spiro atoms. The van der Waals surface area contributed by atoms with Gasteiger partial charge in [-0.05, 0) is 12.1 Å². The maximum absolute atomic E-state index is 10.00. The molecule has 1 fully saturated rings. The predicted molar refractivity (Wildman–Crippen MR) is 97.5 cm³/mol. The maximum atomic E-state index is 10.00. The van der Waals surface area contributed by atoms with Crippen molar-refractivity contribution in [1.29, 1.82) is 0 Å². The van der Waals surface area contributed by atoms with Gasteiger partial charge in [-0.25, -0.2) is 0 Å². The molecule has 0 saturated carbocycles. The largest absolute Gasteiger partial charge is 0.506 e. The molecule has 1 N–H and O–H groups in total. The average Bonchev–Trinajstić information content (AvgIpc) is 3.12. The summed E-state index contributed by atoms with van der Waals surface area (Å²) in [6, 6.07) is 19.6. The van der Waals surface area contributed by atoms with Crippen LogP contribution in [0.25, 0.3) is 11.3 Å². The fourth-order valence-electron chi connectivity index (χ4n) is 3.23. The highest BCUT2D eigenvalue weighted by molar-refractivity contribution is 5.59. The molecule has 1 saturated heterocycles. The minimum absolute atomic E-state index is 0.346. The molecule has 1 aliphatic rings. The number of para-hydroxylation sites is 2. The molecule has 1 aliphatic heterocycles. The molecule has 0 bridgehead atoms. The molecule has 128 valence electrons. The summed E-state index contributed by atoms with van der Waals surface area (Å²) in [5.74, 6) is 1.23. The summed E-state index contributed by atoms with van der Waals surface area (Å²) in [6.07, 6.45) is 0. The van der Waals surface area contributed by atoms with E-state index in [4.69, 9.17) is 4.52 Å². The van der Waals surface area contributed by atoms with Gasteiger partial charge in [-0.15, -0.1) is 0 Å². The Morgan fingerprint density at radius 3 is 2.40 bits per heavy atom. The van der Waals surface area contributed by atoms with Crippen molar-refractivity contribution in [3.8, 4) is 17.0 Å². The molecular formula is C20H21N3O2. The minimum atomic E-state index is 0.346. The zero-order valence-corrected chi connectivity index (χ0v) is 14.0. The van der Waals surface area contributed by atoms with Gasteiger partial charge in [0.05, 0.1) is 12.2 Å². The molecule has 4 rings (SSSR count). The number of hydrogen-bond donors (Lipinski definition) is 1. The Balaban J connectivity index is 1.36. The number of aromatic hydroxyl groups is 1. The molecule has 0 radical (unpaired) electrons. The van der Waals surface area contributed by atoms with Crippen LogP contribution >= 0.6 is 0 Å². The lowest BCUT2D eigenvalue weighted by atomic mass is 10.1. The lowest BCUT2D eigenvalue weighted by Crippen LogP contribution is -2.45. The van der Waals surface area contributed by atoms with Crippen LogP contribution in [0.15, 0.2) is 65.2 Å². The van der Waals surface area contributed by atoms with Gasteiger partial charge in [-0.3, -0.25) is 4.90 Å². The van der Waals surface area contributed by atoms with Crippen LogP contribution in [0.3, 0.4) is 0 Å². The van der Waals surface area contributed by atoms with Gasteiger partial charge < -0.3 is 14.5 Å². The highest BCUT2D eigenvalue weighted by Crippen LogP contribution is 2.27. The first-order valence-electron chi connectivity index (χ1n) is 8.56. The van der Waals surface area contributed by atoms with Crippen LogP contribution in [0.4, 0.5) is 5.69 Å². The minimum Gasteiger partial charge on any atom is -0.506 e. The van der Waals surface area contributed by atoms with E-state index in [0.29, 0.717) is 5.75 Å². The standard InChI is InChI=1S/C20H21N3O2/c24-20-9-5-4-8-19(20)23-12-10-22(11-13-23)15-17-14-18(21-25-17)16-6-2-1-3-7-16/h1-9,14,24H,10-13,15H2. The SMILES string of the molecule is Oc1ccccc1N1CCN(Cc2cc(-c3ccccc3)no2)CC1. The number of nitrogens with zero attached hydrogens (tertiary/aromatic N) is 3. The number of hydrogen-bond acceptors (Lipinski definition) is 5. The zero-order chi connectivity index (χ0) is 17.1. The molecule has 2 heterocycles. The number of phenolic OH excluding ortho intramolecular Hbond substituents is 1. The van der Waals surface area contributed by atoms with Crippen molar-refractivity contribution in [3.63, 3.8) is 0 Å². The highest BCUT2D eigenvalue weighted by atomic mass is 16.5. The molecule has 3 aromatic rings. The lowest BCUT2D eigenvalue weighted by molar-refractivity contribution is 0.219. The lowest BCUT2D eigenvalue weighted by Gasteiger charge is -2.35. The van der Waals surface area contributed by atoms with Crippen molar-refractivity contribution in [3.05, 3.63) is 66.4 Å². The van der Waals surface area contributed by atoms with Crippen LogP contribution in [0.5, 0.6) is 5.75 Å². The van der Waals surface area contributed by atoms with Crippen LogP contribution in [0, 0.1) is 0 Å². The van der Waals surface area contributed by atoms with Gasteiger partial charge in [0.25, 0.3) is 0 Å². The number of rotatable bonds is 4. The van der Waals surface area contributed by atoms with E-state index in [2.05, 4.69) is 15.0 Å². The van der Waals surface area contributed by atoms with Crippen molar-refractivity contribution in [2.45, 2.75) is 6.54 Å². The third-order valence-electron chi connectivity index (χ3n) is 4.60. The Labute approximate surface area is 147 Å². The normalized spacial score (nSPS) is 15.4. The zero-order valence-electron chi connectivity index (χ0n) is 14.0. The Bertz CT molecular complexity index is 824. The number of phenols is 1. The van der Waals surface area contributed by atoms with Crippen LogP contribution < -0.4 is 4.90 Å². The van der Waals surface area contributed by atoms with Crippen molar-refractivity contribution >= 4 is 5.69 Å². The second-order valence-corrected chi connectivity index (χ2v) is 6.30. The van der Waals surface area contributed by atoms with E-state index >= 15 is 0 Å². The van der Waals surface area contributed by atoms with E-state index in [1.807, 2.05) is 54.6 Å². The Morgan fingerprint density at radius 1 is 0.920 bits per heavy atom. The van der Waals surface area contributed by atoms with Crippen molar-refractivity contribution in [1.82, 2.24) is 10.1 Å². The smallest absolute Gasteiger partial charge is 0.151 e. The second-order valence-electron chi connectivity index (χ2n) is 6.30. The molecule has 5 heteroatoms. The van der Waals surface area contributed by atoms with E-state index in [1.54, 1.807) is 6.07 Å². The first kappa shape index (κ1) is 15.7. The van der Waals surface area contributed by atoms with Crippen molar-refractivity contribution in [2.24, 2.45) is 0 Å². The van der Waals surface area contributed by atoms with Crippen LogP contribution in [0.1, 0.15) is 5.76 Å². The molecule has 0 aliphatic carbocycles. The quantitative estimate of drug-likeness (QED) is 0.792. The van der Waals surface area contributed by atoms with Gasteiger partial charge >= 0.3 is 0 Å². The Morgan fingerprint density at radius 2 is 1.64 bits per heavy atom. The fraction of sp³-hybridized carbons (Fsp3) is 0.250. The summed E-state index contributed by atoms with van der Waals surface area (Å²) in [5, 5.41) is 14.2. The highest BCUT2D eigenvalue weighted by Gasteiger charge is 2.20. The van der Waals surface area contributed by atoms with Gasteiger partial charge in [0, 0.05) is 37.8 Å². The molecule has 0 amide bonds. The van der Waals surface area contributed by atoms with Crippen molar-refractivity contribution in [2.75, 3.05) is 31.1 Å². The Kier molecular flexibility index (Phi) is 4.39. The molecule has 0 unspecified atom stereocenters. The summed E-state index contributed by atoms with van der Waals surface area (Å²) in [7, 11) is 0. The van der Waals surface area contributed by atoms with E-state index in [1.165, 1.54) is 0 Å². The monoisotopic (exact) mass is 335 g/mol. The third-order valence-corrected chi connectivity index (χ3v) is 4.60. The van der Waals surface area contributed by atoms with Gasteiger partial charge in [-0.1, -0.05) is 47.6 Å². The molecule has 5 nitrogen and oxygen atoms in total. The van der Waals surface area contributed by atoms with Crippen LogP contribution in [-0.4, -0.2) is 41.3 Å². The van der Waals surface area contributed by atoms with Crippen LogP contribution in [0.2, 0.25) is 0 Å². The number of piperazine rings is 1. The van der Waals surface area contributed by atoms with Crippen molar-refractivity contribution < 1.29 is 9.63 Å². The van der Waals surface area contributed by atoms with Gasteiger partial charge in [0.2, 0.25) is 0 Å². The summed E-state index contributed by atoms with van der Waals surface area (Å²) < 4.78 is 5.51. The maximum Gasteiger partial charge on any atom is 0.151 e. The first-order chi connectivity index (χ1) is 12.3. The van der Waals surface area contributed by atoms with E-state index < -0.39 is 0 Å². The summed E-state index contributed by atoms with van der Waals surface area (Å²) >= 11 is 0. The van der Waals surface area contributed by atoms with Gasteiger partial charge in [0.1, 0.15) is 11.4 Å². The summed E-state index contributed by atoms with van der Waals surface area (Å²) in [5.41, 5.74) is 2.86. The summed E-state index contributed by atoms with van der Waals surface area (Å²) in [6.45, 7) is 4.38. The predicted octanol–water partition coefficient (Wildman–Crippen LogP) is 3.37. The number of anilines is 1. The van der Waals surface area contributed by atoms with E-state index in [0.717, 1.165) is 55.4 Å². The first-order valence-corrected chi connectivity index (χ1v) is 8.56. The van der Waals surface area contributed by atoms with E-state index in [-0.39, 0.29) is 0 Å². The fourth-order valence-corrected chi connectivity index (χ4v) is 3.23. The number of aromatic nitrogens is 1. The molecule has 25 heavy (non-hydrogen) atoms. The van der Waals surface area contributed by atoms with Crippen LogP contribution in [-0.2, 0) is 6.54 Å². The molecule has 2 aromatic carbocycles. The summed E-state index contributed by atoms with van der Waals surface area (Å²) in [4.78, 5) is 4.58. The molecule has 0 atom stereocenters. The average molecular weight is 335 g/mol. The van der Waals surface area contributed by atoms with E-state index in [9.17, 15) is 5.11 Å². The topological polar surface area (TPSA) is 52.7 Å². The third kappa shape index (κ3) is 3.51. The molecular weight excluding hydrogens is 314 g/mol. The molecule has 1 aromatic heterocycles. The second kappa shape index (κ2) is 6.99. The van der Waals surface area contributed by atoms with Gasteiger partial charge in [-0.2, -0.15) is 0 Å². The number of benzene rings is 2. The van der Waals surface area contributed by atoms with Gasteiger partial charge in [0.15, 0.2) is 5.76 Å². The Hall–Kier alpha value is -2.79.